The Bertz CT molecular complexity index is 227. The molecule has 0 aromatic carbocycles. The molecule has 0 aliphatic rings. The van der Waals surface area contributed by atoms with Gasteiger partial charge in [-0.05, 0) is 45.0 Å². The number of hydrogen-bond acceptors (Lipinski definition) is 2. The number of hydrogen-bond donors (Lipinski definition) is 1. The van der Waals surface area contributed by atoms with E-state index in [0.29, 0.717) is 0 Å². The van der Waals surface area contributed by atoms with Crippen LogP contribution in [0.15, 0.2) is 12.2 Å². The van der Waals surface area contributed by atoms with Crippen molar-refractivity contribution in [1.82, 2.24) is 10.2 Å². The van der Waals surface area contributed by atoms with E-state index in [2.05, 4.69) is 31.0 Å². The van der Waals surface area contributed by atoms with Crippen LogP contribution >= 0.6 is 0 Å². The molecule has 0 spiro atoms. The predicted octanol–water partition coefficient (Wildman–Crippen LogP) is 2.05. The van der Waals surface area contributed by atoms with E-state index in [1.165, 1.54) is 0 Å². The first-order valence-electron chi connectivity index (χ1n) is 5.90. The molecule has 0 saturated carbocycles. The van der Waals surface area contributed by atoms with Crippen molar-refractivity contribution in [3.8, 4) is 0 Å². The highest BCUT2D eigenvalue weighted by Crippen LogP contribution is 2.18. The molecule has 0 unspecified atom stereocenters. The van der Waals surface area contributed by atoms with Crippen molar-refractivity contribution in [3.63, 3.8) is 0 Å². The molecule has 0 aromatic rings. The summed E-state index contributed by atoms with van der Waals surface area (Å²) in [5, 5.41) is 2.87. The third-order valence-corrected chi connectivity index (χ3v) is 2.08. The van der Waals surface area contributed by atoms with Gasteiger partial charge < -0.3 is 10.2 Å². The molecule has 0 fully saturated rings. The lowest BCUT2D eigenvalue weighted by atomic mass is 9.92. The largest absolute Gasteiger partial charge is 0.353 e. The van der Waals surface area contributed by atoms with Crippen LogP contribution in [0, 0.1) is 5.41 Å². The normalized spacial score (nSPS) is 12.4. The average Bonchev–Trinajstić information content (AvgIpc) is 2.10. The van der Waals surface area contributed by atoms with Crippen LogP contribution in [0.2, 0.25) is 0 Å². The number of nitrogens with zero attached hydrogens (tertiary/aromatic N) is 1. The van der Waals surface area contributed by atoms with Gasteiger partial charge in [0.2, 0.25) is 5.91 Å². The van der Waals surface area contributed by atoms with Crippen LogP contribution < -0.4 is 5.32 Å². The standard InChI is InChI=1S/C13H26N2O/c1-13(2,3)9-6-8-12(16)14-10-7-11-15(4)5/h6,8H,7,9-11H2,1-5H3,(H,14,16)/b8-6+. The summed E-state index contributed by atoms with van der Waals surface area (Å²) in [5.41, 5.74) is 0.252. The van der Waals surface area contributed by atoms with Crippen molar-refractivity contribution in [2.75, 3.05) is 27.2 Å². The summed E-state index contributed by atoms with van der Waals surface area (Å²) in [6.07, 6.45) is 5.51. The van der Waals surface area contributed by atoms with Gasteiger partial charge in [-0.15, -0.1) is 0 Å². The van der Waals surface area contributed by atoms with Gasteiger partial charge in [-0.1, -0.05) is 26.8 Å². The highest BCUT2D eigenvalue weighted by Gasteiger charge is 2.06. The van der Waals surface area contributed by atoms with Crippen molar-refractivity contribution in [2.24, 2.45) is 5.41 Å². The van der Waals surface area contributed by atoms with E-state index in [4.69, 9.17) is 0 Å². The summed E-state index contributed by atoms with van der Waals surface area (Å²) in [4.78, 5) is 13.5. The third kappa shape index (κ3) is 11.2. The van der Waals surface area contributed by atoms with E-state index in [1.807, 2.05) is 20.2 Å². The second kappa shape index (κ2) is 7.44. The molecule has 0 heterocycles. The third-order valence-electron chi connectivity index (χ3n) is 2.08. The maximum Gasteiger partial charge on any atom is 0.243 e. The maximum absolute atomic E-state index is 11.4. The summed E-state index contributed by atoms with van der Waals surface area (Å²) >= 11 is 0. The molecular weight excluding hydrogens is 200 g/mol. The molecule has 0 aliphatic carbocycles. The van der Waals surface area contributed by atoms with Crippen molar-refractivity contribution < 1.29 is 4.79 Å². The molecule has 1 N–H and O–H groups in total. The Morgan fingerprint density at radius 2 is 1.94 bits per heavy atom. The zero-order valence-electron chi connectivity index (χ0n) is 11.3. The molecule has 0 aromatic heterocycles. The maximum atomic E-state index is 11.4. The predicted molar refractivity (Wildman–Crippen MR) is 69.4 cm³/mol. The van der Waals surface area contributed by atoms with Crippen LogP contribution in [0.3, 0.4) is 0 Å². The van der Waals surface area contributed by atoms with E-state index in [9.17, 15) is 4.79 Å². The number of amides is 1. The van der Waals surface area contributed by atoms with Gasteiger partial charge in [0.25, 0.3) is 0 Å². The molecule has 0 saturated heterocycles. The Kier molecular flexibility index (Phi) is 7.06. The molecule has 0 rings (SSSR count). The van der Waals surface area contributed by atoms with Crippen molar-refractivity contribution >= 4 is 5.91 Å². The Hall–Kier alpha value is -0.830. The topological polar surface area (TPSA) is 32.3 Å². The summed E-state index contributed by atoms with van der Waals surface area (Å²) in [5.74, 6) is 0.0167. The number of rotatable bonds is 6. The van der Waals surface area contributed by atoms with Crippen LogP contribution in [-0.2, 0) is 4.79 Å². The minimum absolute atomic E-state index is 0.0167. The first-order valence-corrected chi connectivity index (χ1v) is 5.90. The number of carbonyl (C=O) groups excluding carboxylic acids is 1. The average molecular weight is 226 g/mol. The molecule has 1 amide bonds. The zero-order valence-corrected chi connectivity index (χ0v) is 11.3. The molecule has 0 bridgehead atoms. The van der Waals surface area contributed by atoms with E-state index >= 15 is 0 Å². The lowest BCUT2D eigenvalue weighted by Gasteiger charge is -2.14. The first kappa shape index (κ1) is 15.2. The lowest BCUT2D eigenvalue weighted by molar-refractivity contribution is -0.116. The molecular formula is C13H26N2O. The fourth-order valence-electron chi connectivity index (χ4n) is 1.19. The summed E-state index contributed by atoms with van der Waals surface area (Å²) < 4.78 is 0. The molecule has 0 radical (unpaired) electrons. The molecule has 3 heteroatoms. The van der Waals surface area contributed by atoms with Gasteiger partial charge in [-0.25, -0.2) is 0 Å². The molecule has 3 nitrogen and oxygen atoms in total. The fourth-order valence-corrected chi connectivity index (χ4v) is 1.19. The Morgan fingerprint density at radius 3 is 2.44 bits per heavy atom. The minimum Gasteiger partial charge on any atom is -0.353 e. The van der Waals surface area contributed by atoms with Gasteiger partial charge in [0.1, 0.15) is 0 Å². The van der Waals surface area contributed by atoms with Crippen LogP contribution in [0.4, 0.5) is 0 Å². The smallest absolute Gasteiger partial charge is 0.243 e. The number of carbonyl (C=O) groups is 1. The lowest BCUT2D eigenvalue weighted by Crippen LogP contribution is -2.25. The van der Waals surface area contributed by atoms with Crippen LogP contribution in [0.5, 0.6) is 0 Å². The van der Waals surface area contributed by atoms with E-state index in [-0.39, 0.29) is 11.3 Å². The Labute approximate surface area is 99.9 Å². The SMILES string of the molecule is CN(C)CCCNC(=O)/C=C/CC(C)(C)C. The van der Waals surface area contributed by atoms with Gasteiger partial charge in [0, 0.05) is 6.54 Å². The zero-order chi connectivity index (χ0) is 12.6. The van der Waals surface area contributed by atoms with Gasteiger partial charge in [-0.2, -0.15) is 0 Å². The summed E-state index contributed by atoms with van der Waals surface area (Å²) in [6, 6.07) is 0. The van der Waals surface area contributed by atoms with Gasteiger partial charge in [-0.3, -0.25) is 4.79 Å². The second-order valence-corrected chi connectivity index (χ2v) is 5.62. The quantitative estimate of drug-likeness (QED) is 0.555. The van der Waals surface area contributed by atoms with Crippen molar-refractivity contribution in [2.45, 2.75) is 33.6 Å². The number of allylic oxidation sites excluding steroid dienone is 1. The Morgan fingerprint density at radius 1 is 1.31 bits per heavy atom. The fraction of sp³-hybridized carbons (Fsp3) is 0.769. The van der Waals surface area contributed by atoms with Gasteiger partial charge in [0.15, 0.2) is 0 Å². The first-order chi connectivity index (χ1) is 7.31. The minimum atomic E-state index is 0.0167. The van der Waals surface area contributed by atoms with Crippen molar-refractivity contribution in [3.05, 3.63) is 12.2 Å². The summed E-state index contributed by atoms with van der Waals surface area (Å²) in [6.45, 7) is 8.23. The van der Waals surface area contributed by atoms with Crippen molar-refractivity contribution in [1.29, 1.82) is 0 Å². The van der Waals surface area contributed by atoms with E-state index in [0.717, 1.165) is 25.9 Å². The molecule has 16 heavy (non-hydrogen) atoms. The van der Waals surface area contributed by atoms with E-state index < -0.39 is 0 Å². The van der Waals surface area contributed by atoms with Crippen LogP contribution in [0.25, 0.3) is 0 Å². The molecule has 0 atom stereocenters. The van der Waals surface area contributed by atoms with Crippen LogP contribution in [0.1, 0.15) is 33.6 Å². The van der Waals surface area contributed by atoms with Gasteiger partial charge in [0.05, 0.1) is 0 Å². The number of nitrogens with one attached hydrogen (secondary N) is 1. The Balaban J connectivity index is 3.59. The highest BCUT2D eigenvalue weighted by atomic mass is 16.1. The molecule has 0 aliphatic heterocycles. The second-order valence-electron chi connectivity index (χ2n) is 5.62. The van der Waals surface area contributed by atoms with Gasteiger partial charge >= 0.3 is 0 Å². The molecule has 94 valence electrons. The van der Waals surface area contributed by atoms with E-state index in [1.54, 1.807) is 6.08 Å². The highest BCUT2D eigenvalue weighted by molar-refractivity contribution is 5.87. The summed E-state index contributed by atoms with van der Waals surface area (Å²) in [7, 11) is 4.07. The van der Waals surface area contributed by atoms with Crippen LogP contribution in [-0.4, -0.2) is 38.0 Å². The monoisotopic (exact) mass is 226 g/mol.